The molecule has 0 unspecified atom stereocenters. The monoisotopic (exact) mass is 518 g/mol. The van der Waals surface area contributed by atoms with Gasteiger partial charge in [0.15, 0.2) is 17.4 Å². The molecule has 0 amide bonds. The Balaban J connectivity index is 1.28. The van der Waals surface area contributed by atoms with Crippen LogP contribution in [-0.4, -0.2) is 59.2 Å². The molecule has 198 valence electrons. The van der Waals surface area contributed by atoms with E-state index in [1.54, 1.807) is 6.07 Å². The summed E-state index contributed by atoms with van der Waals surface area (Å²) in [6, 6.07) is 11.4. The highest BCUT2D eigenvalue weighted by molar-refractivity contribution is 5.85. The summed E-state index contributed by atoms with van der Waals surface area (Å²) in [4.78, 5) is 16.6. The van der Waals surface area contributed by atoms with Gasteiger partial charge in [-0.3, -0.25) is 0 Å². The topological polar surface area (TPSA) is 69.3 Å². The molecule has 0 atom stereocenters. The van der Waals surface area contributed by atoms with Crippen LogP contribution in [0.3, 0.4) is 0 Å². The third kappa shape index (κ3) is 4.67. The van der Waals surface area contributed by atoms with E-state index in [1.807, 2.05) is 32.0 Å². The van der Waals surface area contributed by atoms with Crippen LogP contribution in [0, 0.1) is 11.6 Å². The lowest BCUT2D eigenvalue weighted by atomic mass is 9.94. The summed E-state index contributed by atoms with van der Waals surface area (Å²) in [7, 11) is 2.17. The summed E-state index contributed by atoms with van der Waals surface area (Å²) >= 11 is 0. The van der Waals surface area contributed by atoms with Crippen molar-refractivity contribution in [3.8, 4) is 17.0 Å². The van der Waals surface area contributed by atoms with Gasteiger partial charge < -0.3 is 24.8 Å². The fraction of sp³-hybridized carbons (Fsp3) is 0.379. The number of hydrogen-bond acceptors (Lipinski definition) is 6. The van der Waals surface area contributed by atoms with Gasteiger partial charge in [0.1, 0.15) is 12.3 Å². The molecule has 2 N–H and O–H groups in total. The van der Waals surface area contributed by atoms with Crippen LogP contribution in [0.5, 0.6) is 5.75 Å². The van der Waals surface area contributed by atoms with E-state index in [4.69, 9.17) is 4.74 Å². The number of rotatable bonds is 5. The van der Waals surface area contributed by atoms with Crippen molar-refractivity contribution >= 4 is 28.2 Å². The van der Waals surface area contributed by atoms with Gasteiger partial charge in [-0.2, -0.15) is 0 Å². The van der Waals surface area contributed by atoms with E-state index in [1.165, 1.54) is 11.8 Å². The van der Waals surface area contributed by atoms with Crippen molar-refractivity contribution < 1.29 is 13.5 Å². The molecular formula is C29H32F2N6O. The maximum Gasteiger partial charge on any atom is 0.227 e. The molecule has 6 rings (SSSR count). The van der Waals surface area contributed by atoms with Gasteiger partial charge in [-0.25, -0.2) is 18.7 Å². The number of ether oxygens (including phenoxy) is 1. The molecule has 4 aromatic rings. The highest BCUT2D eigenvalue weighted by atomic mass is 19.1. The van der Waals surface area contributed by atoms with E-state index in [-0.39, 0.29) is 23.4 Å². The summed E-state index contributed by atoms with van der Waals surface area (Å²) in [5, 5.41) is 4.29. The lowest BCUT2D eigenvalue weighted by Gasteiger charge is -2.34. The summed E-state index contributed by atoms with van der Waals surface area (Å²) in [6.07, 6.45) is 3.40. The van der Waals surface area contributed by atoms with Crippen LogP contribution in [0.4, 0.5) is 26.1 Å². The Kier molecular flexibility index (Phi) is 6.39. The molecule has 2 aliphatic heterocycles. The Morgan fingerprint density at radius 2 is 1.87 bits per heavy atom. The molecule has 9 heteroatoms. The maximum absolute atomic E-state index is 15.0. The number of H-pyrrole nitrogens is 1. The summed E-state index contributed by atoms with van der Waals surface area (Å²) < 4.78 is 35.5. The van der Waals surface area contributed by atoms with Crippen molar-refractivity contribution in [2.75, 3.05) is 43.5 Å². The first-order valence-electron chi connectivity index (χ1n) is 13.2. The molecule has 0 aliphatic carbocycles. The predicted molar refractivity (Wildman–Crippen MR) is 146 cm³/mol. The highest BCUT2D eigenvalue weighted by Gasteiger charge is 2.26. The summed E-state index contributed by atoms with van der Waals surface area (Å²) in [5.41, 5.74) is 4.10. The van der Waals surface area contributed by atoms with Gasteiger partial charge in [-0.05, 0) is 83.2 Å². The highest BCUT2D eigenvalue weighted by Crippen LogP contribution is 2.39. The molecule has 0 bridgehead atoms. The third-order valence-corrected chi connectivity index (χ3v) is 7.61. The van der Waals surface area contributed by atoms with E-state index >= 15 is 0 Å². The second-order valence-corrected chi connectivity index (χ2v) is 10.6. The number of halogens is 2. The number of nitrogens with zero attached hydrogens (tertiary/aromatic N) is 4. The number of nitrogens with one attached hydrogen (secondary N) is 2. The third-order valence-electron chi connectivity index (χ3n) is 7.61. The van der Waals surface area contributed by atoms with Gasteiger partial charge in [0.05, 0.1) is 18.4 Å². The first-order valence-corrected chi connectivity index (χ1v) is 13.2. The average Bonchev–Trinajstić information content (AvgIpc) is 3.33. The molecule has 4 heterocycles. The van der Waals surface area contributed by atoms with Crippen LogP contribution >= 0.6 is 0 Å². The molecular weight excluding hydrogens is 486 g/mol. The molecule has 0 radical (unpaired) electrons. The Morgan fingerprint density at radius 3 is 2.66 bits per heavy atom. The minimum Gasteiger partial charge on any atom is -0.486 e. The molecule has 7 nitrogen and oxygen atoms in total. The predicted octanol–water partition coefficient (Wildman–Crippen LogP) is 6.06. The van der Waals surface area contributed by atoms with Crippen molar-refractivity contribution in [1.29, 1.82) is 0 Å². The molecule has 1 saturated heterocycles. The van der Waals surface area contributed by atoms with E-state index in [0.717, 1.165) is 48.7 Å². The summed E-state index contributed by atoms with van der Waals surface area (Å²) in [5.74, 6) is -0.185. The first-order chi connectivity index (χ1) is 18.4. The van der Waals surface area contributed by atoms with Crippen LogP contribution in [0.2, 0.25) is 0 Å². The fourth-order valence-electron chi connectivity index (χ4n) is 5.51. The van der Waals surface area contributed by atoms with Crippen molar-refractivity contribution in [3.63, 3.8) is 0 Å². The van der Waals surface area contributed by atoms with E-state index in [0.29, 0.717) is 30.3 Å². The minimum absolute atomic E-state index is 0.0331. The smallest absolute Gasteiger partial charge is 0.227 e. The second kappa shape index (κ2) is 9.87. The first kappa shape index (κ1) is 24.6. The van der Waals surface area contributed by atoms with Crippen molar-refractivity contribution in [3.05, 3.63) is 59.9 Å². The summed E-state index contributed by atoms with van der Waals surface area (Å²) in [6.45, 7) is 7.31. The van der Waals surface area contributed by atoms with Gasteiger partial charge in [-0.1, -0.05) is 0 Å². The number of piperidine rings is 1. The molecule has 2 aromatic carbocycles. The van der Waals surface area contributed by atoms with E-state index in [2.05, 4.69) is 43.2 Å². The number of aromatic amines is 1. The van der Waals surface area contributed by atoms with E-state index < -0.39 is 11.6 Å². The standard InChI is InChI=1S/C29H32F2N6O/c1-17(2)37-10-11-38-28-22(30)13-20(15-26(28)37)27-23(31)16-32-29(35-27)33-21-4-5-24-19(12-21)14-25(34-24)18-6-8-36(3)9-7-18/h4-5,12-18,34H,6-11H2,1-3H3,(H,32,33,35). The molecule has 2 aliphatic rings. The minimum atomic E-state index is -0.619. The SMILES string of the molecule is CC(C)N1CCOc2c(F)cc(-c3nc(Nc4ccc5[nH]c(C6CCN(C)CC6)cc5c4)ncc3F)cc21. The average molecular weight is 519 g/mol. The Morgan fingerprint density at radius 1 is 1.05 bits per heavy atom. The Bertz CT molecular complexity index is 1480. The van der Waals surface area contributed by atoms with Gasteiger partial charge in [0.2, 0.25) is 5.95 Å². The lowest BCUT2D eigenvalue weighted by molar-refractivity contribution is 0.254. The van der Waals surface area contributed by atoms with Gasteiger partial charge >= 0.3 is 0 Å². The van der Waals surface area contributed by atoms with Crippen LogP contribution in [0.15, 0.2) is 42.6 Å². The Labute approximate surface area is 220 Å². The van der Waals surface area contributed by atoms with E-state index in [9.17, 15) is 8.78 Å². The maximum atomic E-state index is 15.0. The number of hydrogen-bond donors (Lipinski definition) is 2. The molecule has 0 spiro atoms. The van der Waals surface area contributed by atoms with Crippen LogP contribution < -0.4 is 15.0 Å². The molecule has 2 aromatic heterocycles. The zero-order valence-electron chi connectivity index (χ0n) is 21.9. The van der Waals surface area contributed by atoms with Gasteiger partial charge in [0, 0.05) is 39.8 Å². The fourth-order valence-corrected chi connectivity index (χ4v) is 5.51. The lowest BCUT2D eigenvalue weighted by Crippen LogP contribution is -2.38. The van der Waals surface area contributed by atoms with Gasteiger partial charge in [-0.15, -0.1) is 0 Å². The molecule has 0 saturated carbocycles. The van der Waals surface area contributed by atoms with Crippen LogP contribution in [0.1, 0.15) is 38.3 Å². The zero-order chi connectivity index (χ0) is 26.4. The number of anilines is 3. The zero-order valence-corrected chi connectivity index (χ0v) is 21.9. The van der Waals surface area contributed by atoms with Gasteiger partial charge in [0.25, 0.3) is 0 Å². The normalized spacial score (nSPS) is 16.6. The van der Waals surface area contributed by atoms with Crippen LogP contribution in [0.25, 0.3) is 22.2 Å². The second-order valence-electron chi connectivity index (χ2n) is 10.6. The number of benzene rings is 2. The van der Waals surface area contributed by atoms with Crippen LogP contribution in [-0.2, 0) is 0 Å². The number of fused-ring (bicyclic) bond motifs is 2. The van der Waals surface area contributed by atoms with Crippen molar-refractivity contribution in [2.24, 2.45) is 0 Å². The quantitative estimate of drug-likeness (QED) is 0.335. The number of aromatic nitrogens is 3. The Hall–Kier alpha value is -3.72. The van der Waals surface area contributed by atoms with Crippen molar-refractivity contribution in [2.45, 2.75) is 38.6 Å². The number of likely N-dealkylation sites (tertiary alicyclic amines) is 1. The van der Waals surface area contributed by atoms with Crippen molar-refractivity contribution in [1.82, 2.24) is 19.9 Å². The molecule has 38 heavy (non-hydrogen) atoms. The largest absolute Gasteiger partial charge is 0.486 e. The molecule has 1 fully saturated rings.